The summed E-state index contributed by atoms with van der Waals surface area (Å²) in [6, 6.07) is -0.0592. The van der Waals surface area contributed by atoms with Crippen molar-refractivity contribution in [3.63, 3.8) is 0 Å². The van der Waals surface area contributed by atoms with E-state index in [2.05, 4.69) is 0 Å². The fourth-order valence-corrected chi connectivity index (χ4v) is 3.45. The first-order valence-electron chi connectivity index (χ1n) is 4.98. The molecular formula is C9H20N2O2S. The lowest BCUT2D eigenvalue weighted by Crippen LogP contribution is -2.52. The Hall–Kier alpha value is -0.130. The monoisotopic (exact) mass is 220 g/mol. The van der Waals surface area contributed by atoms with Crippen LogP contribution in [0.25, 0.3) is 0 Å². The molecule has 1 aliphatic rings. The highest BCUT2D eigenvalue weighted by atomic mass is 32.2. The van der Waals surface area contributed by atoms with Gasteiger partial charge in [-0.2, -0.15) is 4.31 Å². The zero-order valence-electron chi connectivity index (χ0n) is 9.32. The van der Waals surface area contributed by atoms with Crippen molar-refractivity contribution < 1.29 is 8.42 Å². The molecule has 1 saturated heterocycles. The average Bonchev–Trinajstić information content (AvgIpc) is 2.27. The number of rotatable bonds is 2. The minimum absolute atomic E-state index is 0.0592. The Labute approximate surface area is 86.5 Å². The van der Waals surface area contributed by atoms with E-state index in [1.165, 1.54) is 0 Å². The van der Waals surface area contributed by atoms with E-state index in [4.69, 9.17) is 5.73 Å². The van der Waals surface area contributed by atoms with Crippen molar-refractivity contribution >= 4 is 10.0 Å². The van der Waals surface area contributed by atoms with Crippen LogP contribution in [0.4, 0.5) is 0 Å². The van der Waals surface area contributed by atoms with E-state index in [1.54, 1.807) is 18.2 Å². The fourth-order valence-electron chi connectivity index (χ4n) is 1.79. The minimum Gasteiger partial charge on any atom is -0.326 e. The molecule has 4 nitrogen and oxygen atoms in total. The minimum atomic E-state index is -3.16. The highest BCUT2D eigenvalue weighted by molar-refractivity contribution is 7.89. The van der Waals surface area contributed by atoms with Gasteiger partial charge in [-0.25, -0.2) is 8.42 Å². The molecule has 1 aliphatic heterocycles. The van der Waals surface area contributed by atoms with E-state index in [1.807, 2.05) is 13.8 Å². The molecule has 0 aromatic carbocycles. The molecular weight excluding hydrogens is 200 g/mol. The van der Waals surface area contributed by atoms with Crippen molar-refractivity contribution in [1.82, 2.24) is 4.31 Å². The SMILES string of the molecule is CC(C)S(=O)(=O)N1CCC(N)C1(C)C. The second-order valence-electron chi connectivity index (χ2n) is 4.71. The van der Waals surface area contributed by atoms with Gasteiger partial charge in [-0.05, 0) is 34.1 Å². The lowest BCUT2D eigenvalue weighted by atomic mass is 9.98. The van der Waals surface area contributed by atoms with Gasteiger partial charge in [-0.3, -0.25) is 0 Å². The molecule has 1 fully saturated rings. The summed E-state index contributed by atoms with van der Waals surface area (Å²) < 4.78 is 25.5. The second-order valence-corrected chi connectivity index (χ2v) is 7.13. The number of nitrogens with zero attached hydrogens (tertiary/aromatic N) is 1. The van der Waals surface area contributed by atoms with Gasteiger partial charge >= 0.3 is 0 Å². The Morgan fingerprint density at radius 2 is 1.93 bits per heavy atom. The van der Waals surface area contributed by atoms with Crippen molar-refractivity contribution in [3.8, 4) is 0 Å². The highest BCUT2D eigenvalue weighted by Crippen LogP contribution is 2.31. The van der Waals surface area contributed by atoms with Crippen molar-refractivity contribution in [2.45, 2.75) is 50.9 Å². The first-order valence-corrected chi connectivity index (χ1v) is 6.48. The van der Waals surface area contributed by atoms with Gasteiger partial charge in [0.25, 0.3) is 0 Å². The Morgan fingerprint density at radius 3 is 2.21 bits per heavy atom. The first-order chi connectivity index (χ1) is 6.20. The van der Waals surface area contributed by atoms with Crippen molar-refractivity contribution in [3.05, 3.63) is 0 Å². The molecule has 1 rings (SSSR count). The summed E-state index contributed by atoms with van der Waals surface area (Å²) in [6.07, 6.45) is 0.749. The van der Waals surface area contributed by atoms with Crippen LogP contribution in [0, 0.1) is 0 Å². The number of sulfonamides is 1. The van der Waals surface area contributed by atoms with Crippen LogP contribution in [0.5, 0.6) is 0 Å². The molecule has 0 spiro atoms. The Morgan fingerprint density at radius 1 is 1.43 bits per heavy atom. The molecule has 0 amide bonds. The molecule has 0 bridgehead atoms. The fraction of sp³-hybridized carbons (Fsp3) is 1.00. The summed E-state index contributed by atoms with van der Waals surface area (Å²) in [7, 11) is -3.16. The lowest BCUT2D eigenvalue weighted by Gasteiger charge is -2.34. The summed E-state index contributed by atoms with van der Waals surface area (Å²) in [6.45, 7) is 7.74. The van der Waals surface area contributed by atoms with Gasteiger partial charge in [-0.1, -0.05) is 0 Å². The third-order valence-electron chi connectivity index (χ3n) is 3.10. The van der Waals surface area contributed by atoms with Crippen LogP contribution in [-0.4, -0.2) is 36.1 Å². The third-order valence-corrected chi connectivity index (χ3v) is 5.56. The molecule has 2 N–H and O–H groups in total. The van der Waals surface area contributed by atoms with Crippen LogP contribution in [0.15, 0.2) is 0 Å². The van der Waals surface area contributed by atoms with Gasteiger partial charge in [0.15, 0.2) is 0 Å². The number of hydrogen-bond donors (Lipinski definition) is 1. The van der Waals surface area contributed by atoms with E-state index in [0.29, 0.717) is 6.54 Å². The molecule has 5 heteroatoms. The zero-order chi connectivity index (χ0) is 11.1. The van der Waals surface area contributed by atoms with Gasteiger partial charge < -0.3 is 5.73 Å². The summed E-state index contributed by atoms with van der Waals surface area (Å²) in [5, 5.41) is -0.368. The summed E-state index contributed by atoms with van der Waals surface area (Å²) in [5.74, 6) is 0. The van der Waals surface area contributed by atoms with Crippen molar-refractivity contribution in [2.24, 2.45) is 5.73 Å². The van der Waals surface area contributed by atoms with Gasteiger partial charge in [0.2, 0.25) is 10.0 Å². The Kier molecular flexibility index (Phi) is 2.96. The largest absolute Gasteiger partial charge is 0.326 e. The van der Waals surface area contributed by atoms with Gasteiger partial charge in [0.1, 0.15) is 0 Å². The predicted octanol–water partition coefficient (Wildman–Crippen LogP) is 0.536. The summed E-state index contributed by atoms with van der Waals surface area (Å²) in [4.78, 5) is 0. The zero-order valence-corrected chi connectivity index (χ0v) is 10.1. The van der Waals surface area contributed by atoms with Crippen LogP contribution in [0.3, 0.4) is 0 Å². The van der Waals surface area contributed by atoms with Crippen LogP contribution < -0.4 is 5.73 Å². The molecule has 14 heavy (non-hydrogen) atoms. The molecule has 0 radical (unpaired) electrons. The number of hydrogen-bond acceptors (Lipinski definition) is 3. The van der Waals surface area contributed by atoms with Gasteiger partial charge in [-0.15, -0.1) is 0 Å². The first kappa shape index (κ1) is 11.9. The van der Waals surface area contributed by atoms with Gasteiger partial charge in [0, 0.05) is 18.1 Å². The molecule has 0 saturated carbocycles. The maximum Gasteiger partial charge on any atom is 0.216 e. The quantitative estimate of drug-likeness (QED) is 0.738. The predicted molar refractivity (Wildman–Crippen MR) is 57.4 cm³/mol. The second kappa shape index (κ2) is 3.47. The smallest absolute Gasteiger partial charge is 0.216 e. The third kappa shape index (κ3) is 1.68. The van der Waals surface area contributed by atoms with Gasteiger partial charge in [0.05, 0.1) is 5.25 Å². The molecule has 0 aromatic heterocycles. The summed E-state index contributed by atoms with van der Waals surface area (Å²) in [5.41, 5.74) is 5.45. The van der Waals surface area contributed by atoms with E-state index in [9.17, 15) is 8.42 Å². The average molecular weight is 220 g/mol. The molecule has 1 heterocycles. The maximum absolute atomic E-state index is 12.0. The molecule has 0 aliphatic carbocycles. The van der Waals surface area contributed by atoms with Crippen molar-refractivity contribution in [2.75, 3.05) is 6.54 Å². The number of nitrogens with two attached hydrogens (primary N) is 1. The van der Waals surface area contributed by atoms with Crippen LogP contribution >= 0.6 is 0 Å². The molecule has 1 unspecified atom stereocenters. The van der Waals surface area contributed by atoms with E-state index >= 15 is 0 Å². The van der Waals surface area contributed by atoms with Crippen LogP contribution in [-0.2, 0) is 10.0 Å². The standard InChI is InChI=1S/C9H20N2O2S/c1-7(2)14(12,13)11-6-5-8(10)9(11,3)4/h7-8H,5-6,10H2,1-4H3. The normalized spacial score (nSPS) is 28.6. The van der Waals surface area contributed by atoms with Crippen LogP contribution in [0.2, 0.25) is 0 Å². The Bertz CT molecular complexity index is 309. The topological polar surface area (TPSA) is 63.4 Å². The van der Waals surface area contributed by atoms with E-state index in [0.717, 1.165) is 6.42 Å². The summed E-state index contributed by atoms with van der Waals surface area (Å²) >= 11 is 0. The lowest BCUT2D eigenvalue weighted by molar-refractivity contribution is 0.268. The van der Waals surface area contributed by atoms with E-state index in [-0.39, 0.29) is 11.3 Å². The Balaban J connectivity index is 3.02. The molecule has 84 valence electrons. The van der Waals surface area contributed by atoms with Crippen LogP contribution in [0.1, 0.15) is 34.1 Å². The maximum atomic E-state index is 12.0. The van der Waals surface area contributed by atoms with Crippen molar-refractivity contribution in [1.29, 1.82) is 0 Å². The highest BCUT2D eigenvalue weighted by Gasteiger charge is 2.46. The van der Waals surface area contributed by atoms with E-state index < -0.39 is 15.6 Å². The molecule has 1 atom stereocenters. The molecule has 0 aromatic rings.